The van der Waals surface area contributed by atoms with Gasteiger partial charge in [-0.25, -0.2) is 4.98 Å². The Kier molecular flexibility index (Phi) is 1.45. The van der Waals surface area contributed by atoms with Gasteiger partial charge in [-0.3, -0.25) is 5.10 Å². The van der Waals surface area contributed by atoms with Crippen LogP contribution in [0.25, 0.3) is 11.0 Å². The second-order valence-electron chi connectivity index (χ2n) is 2.21. The summed E-state index contributed by atoms with van der Waals surface area (Å²) < 4.78 is 0. The number of pyridine rings is 1. The van der Waals surface area contributed by atoms with E-state index < -0.39 is 0 Å². The summed E-state index contributed by atoms with van der Waals surface area (Å²) in [6.07, 6.45) is 0. The van der Waals surface area contributed by atoms with Crippen LogP contribution in [0.2, 0.25) is 5.15 Å². The van der Waals surface area contributed by atoms with Gasteiger partial charge in [-0.2, -0.15) is 10.4 Å². The van der Waals surface area contributed by atoms with Gasteiger partial charge in [0.25, 0.3) is 0 Å². The maximum atomic E-state index is 8.54. The summed E-state index contributed by atoms with van der Waals surface area (Å²) in [7, 11) is 0. The molecular weight excluding hydrogens is 176 g/mol. The smallest absolute Gasteiger partial charge is 0.150 e. The molecule has 2 aromatic heterocycles. The first-order chi connectivity index (χ1) is 5.81. The predicted octanol–water partition coefficient (Wildman–Crippen LogP) is 1.48. The molecule has 2 rings (SSSR count). The lowest BCUT2D eigenvalue weighted by Crippen LogP contribution is -1.81. The topological polar surface area (TPSA) is 65.4 Å². The highest BCUT2D eigenvalue weighted by atomic mass is 35.5. The van der Waals surface area contributed by atoms with Crippen LogP contribution in [0, 0.1) is 11.3 Å². The van der Waals surface area contributed by atoms with Crippen molar-refractivity contribution in [2.24, 2.45) is 0 Å². The van der Waals surface area contributed by atoms with Gasteiger partial charge >= 0.3 is 0 Å². The number of halogens is 1. The van der Waals surface area contributed by atoms with Gasteiger partial charge in [0, 0.05) is 0 Å². The lowest BCUT2D eigenvalue weighted by Gasteiger charge is -1.87. The van der Waals surface area contributed by atoms with E-state index in [2.05, 4.69) is 15.2 Å². The monoisotopic (exact) mass is 178 g/mol. The molecule has 0 spiro atoms. The number of nitrogens with one attached hydrogen (secondary N) is 1. The van der Waals surface area contributed by atoms with Crippen molar-refractivity contribution in [3.8, 4) is 6.07 Å². The fraction of sp³-hybridized carbons (Fsp3) is 0. The number of hydrogen-bond donors (Lipinski definition) is 1. The number of fused-ring (bicyclic) bond motifs is 1. The third kappa shape index (κ3) is 0.917. The Morgan fingerprint density at radius 3 is 3.08 bits per heavy atom. The fourth-order valence-electron chi connectivity index (χ4n) is 0.928. The second-order valence-corrected chi connectivity index (χ2v) is 2.59. The van der Waals surface area contributed by atoms with Crippen LogP contribution < -0.4 is 0 Å². The van der Waals surface area contributed by atoms with Crippen molar-refractivity contribution in [1.29, 1.82) is 5.26 Å². The molecular formula is C7H3ClN4. The minimum Gasteiger partial charge on any atom is -0.265 e. The summed E-state index contributed by atoms with van der Waals surface area (Å²) in [4.78, 5) is 3.97. The molecule has 0 bridgehead atoms. The molecule has 2 heterocycles. The molecule has 0 fully saturated rings. The second kappa shape index (κ2) is 2.47. The predicted molar refractivity (Wildman–Crippen MR) is 43.6 cm³/mol. The van der Waals surface area contributed by atoms with Crippen molar-refractivity contribution in [3.05, 3.63) is 23.0 Å². The average Bonchev–Trinajstić information content (AvgIpc) is 2.47. The number of aromatic amines is 1. The van der Waals surface area contributed by atoms with E-state index in [1.54, 1.807) is 12.1 Å². The lowest BCUT2D eigenvalue weighted by atomic mass is 10.3. The van der Waals surface area contributed by atoms with Crippen LogP contribution in [0.3, 0.4) is 0 Å². The van der Waals surface area contributed by atoms with E-state index in [0.717, 1.165) is 0 Å². The van der Waals surface area contributed by atoms with E-state index in [1.165, 1.54) is 0 Å². The van der Waals surface area contributed by atoms with Crippen LogP contribution >= 0.6 is 11.6 Å². The molecule has 0 aromatic carbocycles. The molecule has 1 N–H and O–H groups in total. The summed E-state index contributed by atoms with van der Waals surface area (Å²) in [6.45, 7) is 0. The summed E-state index contributed by atoms with van der Waals surface area (Å²) in [6, 6.07) is 5.22. The molecule has 5 heteroatoms. The van der Waals surface area contributed by atoms with Crippen molar-refractivity contribution < 1.29 is 0 Å². The molecule has 4 nitrogen and oxygen atoms in total. The normalized spacial score (nSPS) is 10.0. The van der Waals surface area contributed by atoms with Crippen LogP contribution in [0.4, 0.5) is 0 Å². The van der Waals surface area contributed by atoms with Gasteiger partial charge in [0.1, 0.15) is 22.8 Å². The quantitative estimate of drug-likeness (QED) is 0.665. The minimum atomic E-state index is 0.339. The van der Waals surface area contributed by atoms with Crippen LogP contribution in [0.15, 0.2) is 12.1 Å². The number of hydrogen-bond acceptors (Lipinski definition) is 3. The molecule has 0 saturated heterocycles. The highest BCUT2D eigenvalue weighted by molar-refractivity contribution is 6.33. The standard InChI is InChI=1S/C7H3ClN4/c8-7-6-5(11-12-7)2-1-4(3-9)10-6/h1-2H,(H,11,12). The largest absolute Gasteiger partial charge is 0.265 e. The van der Waals surface area contributed by atoms with E-state index in [-0.39, 0.29) is 0 Å². The van der Waals surface area contributed by atoms with Gasteiger partial charge in [-0.15, -0.1) is 0 Å². The zero-order valence-corrected chi connectivity index (χ0v) is 6.63. The Hall–Kier alpha value is -1.60. The number of nitriles is 1. The van der Waals surface area contributed by atoms with Crippen molar-refractivity contribution in [2.75, 3.05) is 0 Å². The summed E-state index contributed by atoms with van der Waals surface area (Å²) >= 11 is 5.71. The Morgan fingerprint density at radius 2 is 2.33 bits per heavy atom. The summed E-state index contributed by atoms with van der Waals surface area (Å²) in [5, 5.41) is 15.3. The maximum Gasteiger partial charge on any atom is 0.150 e. The zero-order chi connectivity index (χ0) is 8.55. The van der Waals surface area contributed by atoms with Crippen LogP contribution in [0.1, 0.15) is 5.69 Å². The first-order valence-electron chi connectivity index (χ1n) is 3.22. The number of H-pyrrole nitrogens is 1. The summed E-state index contributed by atoms with van der Waals surface area (Å²) in [5.41, 5.74) is 1.54. The number of nitrogens with zero attached hydrogens (tertiary/aromatic N) is 3. The van der Waals surface area contributed by atoms with E-state index in [0.29, 0.717) is 21.9 Å². The third-order valence-corrected chi connectivity index (χ3v) is 1.73. The van der Waals surface area contributed by atoms with Gasteiger partial charge < -0.3 is 0 Å². The Labute approximate surface area is 72.8 Å². The van der Waals surface area contributed by atoms with E-state index in [1.807, 2.05) is 6.07 Å². The van der Waals surface area contributed by atoms with Crippen molar-refractivity contribution in [3.63, 3.8) is 0 Å². The molecule has 0 amide bonds. The number of aromatic nitrogens is 3. The van der Waals surface area contributed by atoms with Crippen molar-refractivity contribution >= 4 is 22.6 Å². The Balaban J connectivity index is 2.82. The van der Waals surface area contributed by atoms with E-state index >= 15 is 0 Å². The van der Waals surface area contributed by atoms with E-state index in [9.17, 15) is 0 Å². The van der Waals surface area contributed by atoms with Crippen LogP contribution in [-0.4, -0.2) is 15.2 Å². The molecule has 0 aliphatic carbocycles. The fourth-order valence-corrected chi connectivity index (χ4v) is 1.11. The van der Waals surface area contributed by atoms with Gasteiger partial charge in [0.15, 0.2) is 5.15 Å². The van der Waals surface area contributed by atoms with Gasteiger partial charge in [-0.05, 0) is 12.1 Å². The average molecular weight is 179 g/mol. The first-order valence-corrected chi connectivity index (χ1v) is 3.60. The van der Waals surface area contributed by atoms with Gasteiger partial charge in [-0.1, -0.05) is 11.6 Å². The molecule has 2 aromatic rings. The van der Waals surface area contributed by atoms with Crippen molar-refractivity contribution in [2.45, 2.75) is 0 Å². The molecule has 0 radical (unpaired) electrons. The number of rotatable bonds is 0. The highest BCUT2D eigenvalue weighted by Gasteiger charge is 2.04. The molecule has 0 atom stereocenters. The van der Waals surface area contributed by atoms with Gasteiger partial charge in [0.05, 0.1) is 0 Å². The maximum absolute atomic E-state index is 8.54. The molecule has 0 saturated carbocycles. The lowest BCUT2D eigenvalue weighted by molar-refractivity contribution is 1.12. The van der Waals surface area contributed by atoms with Crippen LogP contribution in [-0.2, 0) is 0 Å². The third-order valence-electron chi connectivity index (χ3n) is 1.47. The molecule has 0 unspecified atom stereocenters. The summed E-state index contributed by atoms with van der Waals surface area (Å²) in [5.74, 6) is 0. The molecule has 12 heavy (non-hydrogen) atoms. The highest BCUT2D eigenvalue weighted by Crippen LogP contribution is 2.17. The molecule has 0 aliphatic heterocycles. The SMILES string of the molecule is N#Cc1ccc2n[nH]c(Cl)c2n1. The first kappa shape index (κ1) is 7.07. The zero-order valence-electron chi connectivity index (χ0n) is 5.87. The Bertz CT molecular complexity index is 468. The van der Waals surface area contributed by atoms with Crippen molar-refractivity contribution in [1.82, 2.24) is 15.2 Å². The minimum absolute atomic E-state index is 0.339. The molecule has 58 valence electrons. The Morgan fingerprint density at radius 1 is 1.50 bits per heavy atom. The van der Waals surface area contributed by atoms with E-state index in [4.69, 9.17) is 16.9 Å². The van der Waals surface area contributed by atoms with Crippen LogP contribution in [0.5, 0.6) is 0 Å². The molecule has 0 aliphatic rings. The van der Waals surface area contributed by atoms with Gasteiger partial charge in [0.2, 0.25) is 0 Å².